The molecule has 1 aromatic carbocycles. The van der Waals surface area contributed by atoms with E-state index in [9.17, 15) is 14.4 Å². The molecule has 2 N–H and O–H groups in total. The summed E-state index contributed by atoms with van der Waals surface area (Å²) in [6.45, 7) is 3.08. The molecule has 1 aromatic rings. The number of hydrogen-bond acceptors (Lipinski definition) is 3. The maximum absolute atomic E-state index is 12.4. The van der Waals surface area contributed by atoms with Gasteiger partial charge in [0.15, 0.2) is 0 Å². The zero-order valence-electron chi connectivity index (χ0n) is 14.9. The van der Waals surface area contributed by atoms with Gasteiger partial charge < -0.3 is 15.5 Å². The number of anilines is 1. The molecule has 1 aliphatic heterocycles. The number of rotatable bonds is 5. The summed E-state index contributed by atoms with van der Waals surface area (Å²) in [5.74, 6) is -0.279. The Morgan fingerprint density at radius 1 is 1.19 bits per heavy atom. The topological polar surface area (TPSA) is 78.5 Å². The van der Waals surface area contributed by atoms with E-state index in [1.807, 2.05) is 24.0 Å². The van der Waals surface area contributed by atoms with Gasteiger partial charge in [-0.3, -0.25) is 14.4 Å². The van der Waals surface area contributed by atoms with Crippen molar-refractivity contribution in [3.05, 3.63) is 28.2 Å². The maximum atomic E-state index is 12.4. The van der Waals surface area contributed by atoms with Crippen LogP contribution in [0.1, 0.15) is 31.2 Å². The molecule has 2 aliphatic rings. The number of nitrogens with one attached hydrogen (secondary N) is 2. The van der Waals surface area contributed by atoms with Gasteiger partial charge in [-0.05, 0) is 56.4 Å². The van der Waals surface area contributed by atoms with Crippen molar-refractivity contribution in [3.63, 3.8) is 0 Å². The van der Waals surface area contributed by atoms with E-state index >= 15 is 0 Å². The molecule has 3 amide bonds. The summed E-state index contributed by atoms with van der Waals surface area (Å²) in [7, 11) is 0. The third kappa shape index (κ3) is 4.84. The first kappa shape index (κ1) is 18.9. The fourth-order valence-corrected chi connectivity index (χ4v) is 3.47. The Bertz CT molecular complexity index is 718. The highest BCUT2D eigenvalue weighted by Crippen LogP contribution is 2.32. The zero-order chi connectivity index (χ0) is 18.7. The SMILES string of the molecule is Cc1cc(NC(=O)CNC(=O)C2CCCN(C(=O)C3CC3)C2)ccc1Br. The van der Waals surface area contributed by atoms with Gasteiger partial charge >= 0.3 is 0 Å². The highest BCUT2D eigenvalue weighted by molar-refractivity contribution is 9.10. The van der Waals surface area contributed by atoms with E-state index in [1.54, 1.807) is 6.07 Å². The van der Waals surface area contributed by atoms with Gasteiger partial charge in [0.05, 0.1) is 12.5 Å². The Labute approximate surface area is 161 Å². The van der Waals surface area contributed by atoms with Crippen molar-refractivity contribution in [1.82, 2.24) is 10.2 Å². The van der Waals surface area contributed by atoms with Gasteiger partial charge in [-0.25, -0.2) is 0 Å². The molecule has 1 saturated carbocycles. The molecule has 0 spiro atoms. The van der Waals surface area contributed by atoms with Crippen molar-refractivity contribution < 1.29 is 14.4 Å². The molecular weight excluding hydrogens is 398 g/mol. The molecule has 6 nitrogen and oxygen atoms in total. The van der Waals surface area contributed by atoms with Crippen LogP contribution in [0.2, 0.25) is 0 Å². The second kappa shape index (κ2) is 8.20. The summed E-state index contributed by atoms with van der Waals surface area (Å²) >= 11 is 3.42. The van der Waals surface area contributed by atoms with Crippen molar-refractivity contribution in [3.8, 4) is 0 Å². The van der Waals surface area contributed by atoms with Crippen molar-refractivity contribution >= 4 is 39.3 Å². The molecule has 0 bridgehead atoms. The van der Waals surface area contributed by atoms with Gasteiger partial charge in [0.25, 0.3) is 0 Å². The average Bonchev–Trinajstić information content (AvgIpc) is 3.47. The lowest BCUT2D eigenvalue weighted by molar-refractivity contribution is -0.137. The van der Waals surface area contributed by atoms with Crippen molar-refractivity contribution in [2.75, 3.05) is 25.0 Å². The number of piperidine rings is 1. The van der Waals surface area contributed by atoms with Gasteiger partial charge in [0.1, 0.15) is 0 Å². The van der Waals surface area contributed by atoms with Crippen LogP contribution in [0.25, 0.3) is 0 Å². The number of likely N-dealkylation sites (tertiary alicyclic amines) is 1. The van der Waals surface area contributed by atoms with Crippen LogP contribution in [0.3, 0.4) is 0 Å². The van der Waals surface area contributed by atoms with Crippen LogP contribution in [0, 0.1) is 18.8 Å². The van der Waals surface area contributed by atoms with Crippen molar-refractivity contribution in [1.29, 1.82) is 0 Å². The standard InChI is InChI=1S/C19H24BrN3O3/c1-12-9-15(6-7-16(12)20)22-17(24)10-21-18(25)14-3-2-8-23(11-14)19(26)13-4-5-13/h6-7,9,13-14H,2-5,8,10-11H2,1H3,(H,21,25)(H,22,24). The zero-order valence-corrected chi connectivity index (χ0v) is 16.5. The summed E-state index contributed by atoms with van der Waals surface area (Å²) in [5, 5.41) is 5.48. The van der Waals surface area contributed by atoms with Gasteiger partial charge in [-0.1, -0.05) is 15.9 Å². The number of amides is 3. The first-order valence-corrected chi connectivity index (χ1v) is 9.86. The number of nitrogens with zero attached hydrogens (tertiary/aromatic N) is 1. The Morgan fingerprint density at radius 2 is 1.96 bits per heavy atom. The Balaban J connectivity index is 1.45. The van der Waals surface area contributed by atoms with Crippen LogP contribution in [0.5, 0.6) is 0 Å². The van der Waals surface area contributed by atoms with E-state index in [1.165, 1.54) is 0 Å². The van der Waals surface area contributed by atoms with Gasteiger partial charge in [0.2, 0.25) is 17.7 Å². The monoisotopic (exact) mass is 421 g/mol. The lowest BCUT2D eigenvalue weighted by Crippen LogP contribution is -2.47. The van der Waals surface area contributed by atoms with Crippen LogP contribution < -0.4 is 10.6 Å². The van der Waals surface area contributed by atoms with Crippen LogP contribution in [0.15, 0.2) is 22.7 Å². The summed E-state index contributed by atoms with van der Waals surface area (Å²) in [5.41, 5.74) is 1.72. The molecule has 0 radical (unpaired) electrons. The first-order valence-electron chi connectivity index (χ1n) is 9.06. The van der Waals surface area contributed by atoms with E-state index in [-0.39, 0.29) is 36.1 Å². The van der Waals surface area contributed by atoms with E-state index in [2.05, 4.69) is 26.6 Å². The summed E-state index contributed by atoms with van der Waals surface area (Å²) in [4.78, 5) is 38.4. The van der Waals surface area contributed by atoms with Crippen LogP contribution >= 0.6 is 15.9 Å². The molecule has 0 aromatic heterocycles. The number of halogens is 1. The molecule has 26 heavy (non-hydrogen) atoms. The average molecular weight is 422 g/mol. The second-order valence-electron chi connectivity index (χ2n) is 7.13. The predicted octanol–water partition coefficient (Wildman–Crippen LogP) is 2.46. The molecule has 7 heteroatoms. The van der Waals surface area contributed by atoms with Crippen LogP contribution in [-0.4, -0.2) is 42.3 Å². The Kier molecular flexibility index (Phi) is 5.96. The smallest absolute Gasteiger partial charge is 0.243 e. The molecule has 1 saturated heterocycles. The second-order valence-corrected chi connectivity index (χ2v) is 7.98. The summed E-state index contributed by atoms with van der Waals surface area (Å²) in [6.07, 6.45) is 3.54. The molecule has 1 heterocycles. The van der Waals surface area contributed by atoms with Crippen LogP contribution in [-0.2, 0) is 14.4 Å². The van der Waals surface area contributed by atoms with E-state index in [0.29, 0.717) is 12.2 Å². The minimum atomic E-state index is -0.262. The lowest BCUT2D eigenvalue weighted by atomic mass is 9.96. The van der Waals surface area contributed by atoms with Crippen molar-refractivity contribution in [2.45, 2.75) is 32.6 Å². The minimum Gasteiger partial charge on any atom is -0.347 e. The largest absolute Gasteiger partial charge is 0.347 e. The summed E-state index contributed by atoms with van der Waals surface area (Å²) in [6, 6.07) is 5.54. The van der Waals surface area contributed by atoms with Gasteiger partial charge in [0, 0.05) is 29.2 Å². The molecule has 1 aliphatic carbocycles. The molecule has 140 valence electrons. The molecular formula is C19H24BrN3O3. The maximum Gasteiger partial charge on any atom is 0.243 e. The number of hydrogen-bond donors (Lipinski definition) is 2. The number of benzene rings is 1. The fraction of sp³-hybridized carbons (Fsp3) is 0.526. The van der Waals surface area contributed by atoms with E-state index < -0.39 is 0 Å². The third-order valence-electron chi connectivity index (χ3n) is 4.90. The molecule has 1 unspecified atom stereocenters. The number of carbonyl (C=O) groups is 3. The summed E-state index contributed by atoms with van der Waals surface area (Å²) < 4.78 is 0.978. The Hall–Kier alpha value is -1.89. The van der Waals surface area contributed by atoms with Crippen LogP contribution in [0.4, 0.5) is 5.69 Å². The predicted molar refractivity (Wildman–Crippen MR) is 103 cm³/mol. The quantitative estimate of drug-likeness (QED) is 0.766. The molecule has 1 atom stereocenters. The molecule has 2 fully saturated rings. The highest BCUT2D eigenvalue weighted by atomic mass is 79.9. The third-order valence-corrected chi connectivity index (χ3v) is 5.79. The molecule has 3 rings (SSSR count). The van der Waals surface area contributed by atoms with E-state index in [0.717, 1.165) is 42.3 Å². The minimum absolute atomic E-state index is 0.0684. The first-order chi connectivity index (χ1) is 12.4. The van der Waals surface area contributed by atoms with E-state index in [4.69, 9.17) is 0 Å². The fourth-order valence-electron chi connectivity index (χ4n) is 3.22. The normalized spacial score (nSPS) is 19.8. The van der Waals surface area contributed by atoms with Crippen molar-refractivity contribution in [2.24, 2.45) is 11.8 Å². The van der Waals surface area contributed by atoms with Gasteiger partial charge in [-0.15, -0.1) is 0 Å². The highest BCUT2D eigenvalue weighted by Gasteiger charge is 2.36. The Morgan fingerprint density at radius 3 is 2.65 bits per heavy atom. The number of carbonyl (C=O) groups excluding carboxylic acids is 3. The van der Waals surface area contributed by atoms with Gasteiger partial charge in [-0.2, -0.15) is 0 Å². The number of aryl methyl sites for hydroxylation is 1. The lowest BCUT2D eigenvalue weighted by Gasteiger charge is -2.32.